The largest absolute Gasteiger partial charge is 0.454 e. The first-order valence-corrected chi connectivity index (χ1v) is 5.70. The fourth-order valence-electron chi connectivity index (χ4n) is 2.20. The van der Waals surface area contributed by atoms with Crippen molar-refractivity contribution in [3.8, 4) is 28.6 Å². The molecule has 0 saturated carbocycles. The zero-order chi connectivity index (χ0) is 11.9. The van der Waals surface area contributed by atoms with Gasteiger partial charge < -0.3 is 4.74 Å². The third kappa shape index (κ3) is 1.20. The van der Waals surface area contributed by atoms with Crippen LogP contribution in [0.15, 0.2) is 54.9 Å². The number of fused-ring (bicyclic) bond motifs is 5. The van der Waals surface area contributed by atoms with Gasteiger partial charge in [0.2, 0.25) is 0 Å². The highest BCUT2D eigenvalue weighted by molar-refractivity contribution is 5.70. The van der Waals surface area contributed by atoms with Crippen molar-refractivity contribution in [1.29, 1.82) is 0 Å². The zero-order valence-electron chi connectivity index (χ0n) is 9.45. The fraction of sp³-hybridized carbons (Fsp3) is 0. The van der Waals surface area contributed by atoms with Gasteiger partial charge in [0, 0.05) is 0 Å². The molecule has 0 spiro atoms. The van der Waals surface area contributed by atoms with Gasteiger partial charge in [-0.2, -0.15) is 0 Å². The van der Waals surface area contributed by atoms with Crippen molar-refractivity contribution in [1.82, 2.24) is 14.8 Å². The van der Waals surface area contributed by atoms with Crippen LogP contribution in [0.2, 0.25) is 0 Å². The zero-order valence-corrected chi connectivity index (χ0v) is 9.45. The van der Waals surface area contributed by atoms with E-state index in [9.17, 15) is 0 Å². The van der Waals surface area contributed by atoms with Crippen LogP contribution >= 0.6 is 0 Å². The van der Waals surface area contributed by atoms with Crippen LogP contribution in [0.1, 0.15) is 0 Å². The Labute approximate surface area is 103 Å². The van der Waals surface area contributed by atoms with Crippen molar-refractivity contribution >= 4 is 0 Å². The van der Waals surface area contributed by atoms with Crippen molar-refractivity contribution in [3.05, 3.63) is 54.9 Å². The molecule has 1 aromatic heterocycles. The third-order valence-corrected chi connectivity index (χ3v) is 3.02. The molecule has 0 atom stereocenters. The summed E-state index contributed by atoms with van der Waals surface area (Å²) in [7, 11) is 0. The number of aromatic nitrogens is 3. The smallest absolute Gasteiger partial charge is 0.172 e. The molecule has 4 heteroatoms. The first-order valence-electron chi connectivity index (χ1n) is 5.70. The second-order valence-corrected chi connectivity index (χ2v) is 4.09. The van der Waals surface area contributed by atoms with Gasteiger partial charge in [0.15, 0.2) is 11.6 Å². The summed E-state index contributed by atoms with van der Waals surface area (Å²) in [5, 5.41) is 8.19. The summed E-state index contributed by atoms with van der Waals surface area (Å²) in [6.45, 7) is 0. The Hall–Kier alpha value is -2.62. The number of para-hydroxylation sites is 3. The van der Waals surface area contributed by atoms with Gasteiger partial charge in [-0.3, -0.25) is 4.57 Å². The van der Waals surface area contributed by atoms with E-state index in [1.165, 1.54) is 0 Å². The summed E-state index contributed by atoms with van der Waals surface area (Å²) < 4.78 is 7.90. The van der Waals surface area contributed by atoms with Crippen LogP contribution in [0.5, 0.6) is 11.5 Å². The standard InChI is InChI=1S/C14H9N3O/c1-3-7-12-10(5-1)14-16-15-9-17(14)11-6-2-4-8-13(11)18-12/h1-9H. The molecule has 1 aliphatic rings. The quantitative estimate of drug-likeness (QED) is 0.470. The van der Waals surface area contributed by atoms with Gasteiger partial charge in [-0.05, 0) is 24.3 Å². The summed E-state index contributed by atoms with van der Waals surface area (Å²) >= 11 is 0. The van der Waals surface area contributed by atoms with Gasteiger partial charge >= 0.3 is 0 Å². The number of nitrogens with zero attached hydrogens (tertiary/aromatic N) is 3. The Bertz CT molecular complexity index is 673. The number of hydrogen-bond donors (Lipinski definition) is 0. The molecule has 0 amide bonds. The predicted molar refractivity (Wildman–Crippen MR) is 66.9 cm³/mol. The highest BCUT2D eigenvalue weighted by Gasteiger charge is 2.20. The van der Waals surface area contributed by atoms with Crippen molar-refractivity contribution in [2.24, 2.45) is 0 Å². The summed E-state index contributed by atoms with van der Waals surface area (Å²) in [4.78, 5) is 0. The Kier molecular flexibility index (Phi) is 1.80. The molecule has 3 aromatic rings. The van der Waals surface area contributed by atoms with E-state index in [0.29, 0.717) is 0 Å². The van der Waals surface area contributed by atoms with E-state index in [1.807, 2.05) is 53.1 Å². The molecule has 2 heterocycles. The van der Waals surface area contributed by atoms with Crippen LogP contribution in [0.4, 0.5) is 0 Å². The molecule has 0 bridgehead atoms. The highest BCUT2D eigenvalue weighted by Crippen LogP contribution is 2.39. The van der Waals surface area contributed by atoms with Gasteiger partial charge in [-0.1, -0.05) is 24.3 Å². The van der Waals surface area contributed by atoms with Crippen molar-refractivity contribution in [2.45, 2.75) is 0 Å². The van der Waals surface area contributed by atoms with Crippen LogP contribution in [-0.4, -0.2) is 14.8 Å². The molecule has 2 aromatic carbocycles. The maximum absolute atomic E-state index is 5.95. The Morgan fingerprint density at radius 1 is 0.889 bits per heavy atom. The number of ether oxygens (including phenoxy) is 1. The molecule has 86 valence electrons. The second-order valence-electron chi connectivity index (χ2n) is 4.09. The lowest BCUT2D eigenvalue weighted by Gasteiger charge is -2.07. The molecule has 1 aliphatic heterocycles. The van der Waals surface area contributed by atoms with E-state index >= 15 is 0 Å². The molecule has 18 heavy (non-hydrogen) atoms. The van der Waals surface area contributed by atoms with Gasteiger partial charge in [-0.25, -0.2) is 0 Å². The van der Waals surface area contributed by atoms with Crippen molar-refractivity contribution in [2.75, 3.05) is 0 Å². The first-order chi connectivity index (χ1) is 8.93. The molecule has 4 rings (SSSR count). The van der Waals surface area contributed by atoms with E-state index in [-0.39, 0.29) is 0 Å². The van der Waals surface area contributed by atoms with E-state index in [1.54, 1.807) is 6.33 Å². The minimum atomic E-state index is 0.801. The summed E-state index contributed by atoms with van der Waals surface area (Å²) in [5.74, 6) is 2.41. The van der Waals surface area contributed by atoms with Crippen LogP contribution < -0.4 is 4.74 Å². The molecule has 0 unspecified atom stereocenters. The van der Waals surface area contributed by atoms with Gasteiger partial charge in [0.25, 0.3) is 0 Å². The molecule has 0 aliphatic carbocycles. The SMILES string of the molecule is c1ccc2c(c1)Oc1ccccc1-n1cnnc1-2. The van der Waals surface area contributed by atoms with Crippen molar-refractivity contribution < 1.29 is 4.74 Å². The van der Waals surface area contributed by atoms with E-state index in [4.69, 9.17) is 4.74 Å². The number of hydrogen-bond acceptors (Lipinski definition) is 3. The Balaban J connectivity index is 2.12. The average Bonchev–Trinajstić information content (AvgIpc) is 2.84. The fourth-order valence-corrected chi connectivity index (χ4v) is 2.20. The van der Waals surface area contributed by atoms with Gasteiger partial charge in [0.05, 0.1) is 11.3 Å². The van der Waals surface area contributed by atoms with E-state index in [2.05, 4.69) is 10.2 Å². The molecular formula is C14H9N3O. The molecular weight excluding hydrogens is 226 g/mol. The maximum Gasteiger partial charge on any atom is 0.172 e. The van der Waals surface area contributed by atoms with Crippen LogP contribution in [0.3, 0.4) is 0 Å². The van der Waals surface area contributed by atoms with Gasteiger partial charge in [-0.15, -0.1) is 10.2 Å². The predicted octanol–water partition coefficient (Wildman–Crippen LogP) is 3.04. The number of benzene rings is 2. The maximum atomic E-state index is 5.95. The van der Waals surface area contributed by atoms with Gasteiger partial charge in [0.1, 0.15) is 12.1 Å². The average molecular weight is 235 g/mol. The van der Waals surface area contributed by atoms with Crippen LogP contribution in [0, 0.1) is 0 Å². The monoisotopic (exact) mass is 235 g/mol. The lowest BCUT2D eigenvalue weighted by atomic mass is 10.2. The van der Waals surface area contributed by atoms with Crippen LogP contribution in [-0.2, 0) is 0 Å². The third-order valence-electron chi connectivity index (χ3n) is 3.02. The minimum Gasteiger partial charge on any atom is -0.454 e. The number of rotatable bonds is 0. The Morgan fingerprint density at radius 2 is 1.67 bits per heavy atom. The Morgan fingerprint density at radius 3 is 2.61 bits per heavy atom. The van der Waals surface area contributed by atoms with E-state index in [0.717, 1.165) is 28.6 Å². The summed E-state index contributed by atoms with van der Waals surface area (Å²) in [6.07, 6.45) is 1.71. The molecule has 0 fully saturated rings. The molecule has 0 N–H and O–H groups in total. The van der Waals surface area contributed by atoms with E-state index < -0.39 is 0 Å². The summed E-state index contributed by atoms with van der Waals surface area (Å²) in [5.41, 5.74) is 1.90. The first kappa shape index (κ1) is 9.41. The highest BCUT2D eigenvalue weighted by atomic mass is 16.5. The normalized spacial score (nSPS) is 11.8. The molecule has 0 saturated heterocycles. The molecule has 4 nitrogen and oxygen atoms in total. The topological polar surface area (TPSA) is 39.9 Å². The molecule has 0 radical (unpaired) electrons. The van der Waals surface area contributed by atoms with Crippen LogP contribution in [0.25, 0.3) is 17.1 Å². The lowest BCUT2D eigenvalue weighted by molar-refractivity contribution is 0.485. The second kappa shape index (κ2) is 3.43. The van der Waals surface area contributed by atoms with Crippen molar-refractivity contribution in [3.63, 3.8) is 0 Å². The minimum absolute atomic E-state index is 0.801. The summed E-state index contributed by atoms with van der Waals surface area (Å²) in [6, 6.07) is 15.7. The lowest BCUT2D eigenvalue weighted by Crippen LogP contribution is -1.94.